The average molecular weight is 1600 g/mol. The SMILES string of the molecule is C=CC(=O)OCCCCOC(=O)c1[c-]cc[c-]c1.CCCCOC(=O)c1[c-]cc[c-]c1.CCOc1[c-]cc[c-]c1.COC(=O)c1[c-]cc[c-]c1.COc1[c-]cc[c-]c1.Clc1[c-]cc[c-]c1Cl.[C-]#[N+]c1[c-]cc[c-]c1C#N.[K+].[K+].[K+].[K+].[K+].[K+].[K+].[K+].[K+].[K+].[K+].[K+].[K+].[K+]. The Hall–Kier alpha value is 14.2. The zero-order valence-corrected chi connectivity index (χ0v) is 101. The summed E-state index contributed by atoms with van der Waals surface area (Å²) in [6.07, 6.45) is 4.31. The monoisotopic (exact) mass is 1600 g/mol. The van der Waals surface area contributed by atoms with Gasteiger partial charge in [-0.2, -0.15) is 56.0 Å². The van der Waals surface area contributed by atoms with Gasteiger partial charge in [0.1, 0.15) is 12.3 Å². The zero-order chi connectivity index (χ0) is 55.9. The summed E-state index contributed by atoms with van der Waals surface area (Å²) in [5.41, 5.74) is 1.71. The molecule has 0 fully saturated rings. The first kappa shape index (κ1) is 136. The van der Waals surface area contributed by atoms with E-state index in [4.69, 9.17) is 58.7 Å². The minimum Gasteiger partial charge on any atom is -0.579 e. The number of hydrogen-bond acceptors (Lipinski definition) is 11. The average Bonchev–Trinajstić information content (AvgIpc) is 3.65. The molecule has 28 heteroatoms. The molecule has 0 spiro atoms. The minimum absolute atomic E-state index is 0. The number of ether oxygens (including phenoxy) is 6. The molecule has 7 aromatic carbocycles. The van der Waals surface area contributed by atoms with Crippen LogP contribution in [0.5, 0.6) is 11.5 Å². The summed E-state index contributed by atoms with van der Waals surface area (Å²) in [7, 11) is 2.95. The second-order valence-corrected chi connectivity index (χ2v) is 14.3. The molecule has 0 radical (unpaired) electrons. The van der Waals surface area contributed by atoms with Gasteiger partial charge in [0.05, 0.1) is 40.6 Å². The molecule has 7 rings (SSSR count). The number of nitrogens with zero attached hydrogens (tertiary/aromatic N) is 2. The molecule has 0 atom stereocenters. The standard InChI is InChI=1S/C14H14O4.C11H12O2.C8H2N2.C8H6O2.C8H8O.C7H6O.C6H2Cl2.14K/c1-2-13(15)17-10-6-7-11-18-14(16)12-8-4-3-5-9-12;1-2-3-9-13-11(12)10-7-5-4-6-8-10;1-10-8-5-3-2-4-7(8)6-9;1-10-8(9)7-5-3-2-4-6-7;1-2-9-8-6-4-3-5-7-8;1-8-7-5-3-2-4-6-7;7-5-3-1-2-4-6(5)8;;;;;;;;;;;;;;/h2-4,9H,1,6-7,10-11H2;4-5,8H,2-3,9H2,1H3;2-3H;2-3,6H,1H3;3-4,7H,2H2,1H3;2-3,6H,1H3;1-2H;;;;;;;;;;;;;;/q7*-2;14*+1. The van der Waals surface area contributed by atoms with Crippen LogP contribution in [-0.2, 0) is 23.7 Å². The number of esters is 4. The first-order valence-electron chi connectivity index (χ1n) is 22.7. The molecule has 0 unspecified atom stereocenters. The van der Waals surface area contributed by atoms with Crippen molar-refractivity contribution in [2.45, 2.75) is 39.5 Å². The zero-order valence-electron chi connectivity index (χ0n) is 56.1. The number of rotatable bonds is 15. The van der Waals surface area contributed by atoms with Gasteiger partial charge < -0.3 is 54.9 Å². The van der Waals surface area contributed by atoms with Crippen molar-refractivity contribution in [2.24, 2.45) is 0 Å². The summed E-state index contributed by atoms with van der Waals surface area (Å²) in [6, 6.07) is 72.2. The number of methoxy groups -OCH3 is 2. The molecule has 0 amide bonds. The van der Waals surface area contributed by atoms with E-state index >= 15 is 0 Å². The van der Waals surface area contributed by atoms with E-state index in [1.807, 2.05) is 13.0 Å². The summed E-state index contributed by atoms with van der Waals surface area (Å²) in [5.74, 6) is -0.0639. The molecule has 0 aliphatic carbocycles. The molecule has 0 saturated heterocycles. The van der Waals surface area contributed by atoms with Crippen molar-refractivity contribution in [3.63, 3.8) is 0 Å². The van der Waals surface area contributed by atoms with Gasteiger partial charge in [0, 0.05) is 6.08 Å². The van der Waals surface area contributed by atoms with E-state index in [-0.39, 0.29) is 749 Å². The largest absolute Gasteiger partial charge is 1.00 e. The van der Waals surface area contributed by atoms with Crippen molar-refractivity contribution in [3.05, 3.63) is 257 Å². The molecule has 7 aromatic rings. The van der Waals surface area contributed by atoms with E-state index in [0.29, 0.717) is 59.4 Å². The molecule has 0 N–H and O–H groups in total. The van der Waals surface area contributed by atoms with Crippen molar-refractivity contribution in [3.8, 4) is 17.6 Å². The van der Waals surface area contributed by atoms with Crippen LogP contribution < -0.4 is 729 Å². The number of carbonyl (C=O) groups excluding carboxylic acids is 4. The summed E-state index contributed by atoms with van der Waals surface area (Å²) >= 11 is 11.0. The predicted octanol–water partition coefficient (Wildman–Crippen LogP) is -29.4. The molecule has 0 aromatic heterocycles. The van der Waals surface area contributed by atoms with Crippen molar-refractivity contribution in [1.82, 2.24) is 0 Å². The summed E-state index contributed by atoms with van der Waals surface area (Å²) in [5, 5.41) is 9.26. The molecule has 90 heavy (non-hydrogen) atoms. The summed E-state index contributed by atoms with van der Waals surface area (Å²) < 4.78 is 29.2. The molecular weight excluding hydrogens is 1550 g/mol. The Bertz CT molecular complexity index is 2740. The maximum Gasteiger partial charge on any atom is 1.00 e. The van der Waals surface area contributed by atoms with Gasteiger partial charge in [0.2, 0.25) is 0 Å². The van der Waals surface area contributed by atoms with Crippen molar-refractivity contribution >= 4 is 52.8 Å². The van der Waals surface area contributed by atoms with Crippen LogP contribution >= 0.6 is 23.2 Å². The van der Waals surface area contributed by atoms with Gasteiger partial charge in [-0.3, -0.25) is 175 Å². The molecule has 0 bridgehead atoms. The van der Waals surface area contributed by atoms with E-state index < -0.39 is 11.9 Å². The summed E-state index contributed by atoms with van der Waals surface area (Å²) in [4.78, 5) is 47.2. The van der Waals surface area contributed by atoms with E-state index in [1.165, 1.54) is 19.2 Å². The minimum atomic E-state index is -0.443. The summed E-state index contributed by atoms with van der Waals surface area (Å²) in [6.45, 7) is 15.6. The first-order chi connectivity index (χ1) is 37.0. The molecule has 0 saturated carbocycles. The second-order valence-electron chi connectivity index (χ2n) is 13.6. The van der Waals surface area contributed by atoms with Crippen LogP contribution in [0.25, 0.3) is 4.85 Å². The van der Waals surface area contributed by atoms with Crippen LogP contribution in [0.15, 0.2) is 128 Å². The van der Waals surface area contributed by atoms with Gasteiger partial charge in [-0.15, -0.1) is 17.1 Å². The van der Waals surface area contributed by atoms with Gasteiger partial charge in [-0.05, 0) is 26.2 Å². The first-order valence-corrected chi connectivity index (χ1v) is 23.4. The van der Waals surface area contributed by atoms with Crippen molar-refractivity contribution < 1.29 is 767 Å². The Morgan fingerprint density at radius 2 is 0.856 bits per heavy atom. The third kappa shape index (κ3) is 78.9. The van der Waals surface area contributed by atoms with Crippen LogP contribution in [0, 0.1) is 103 Å². The number of nitriles is 1. The molecule has 396 valence electrons. The van der Waals surface area contributed by atoms with E-state index in [9.17, 15) is 19.2 Å². The predicted molar refractivity (Wildman–Crippen MR) is 285 cm³/mol. The number of carbonyl (C=O) groups is 4. The van der Waals surface area contributed by atoms with Gasteiger partial charge in [0.25, 0.3) is 0 Å². The quantitative estimate of drug-likeness (QED) is 0.0241. The molecule has 0 aliphatic heterocycles. The normalized spacial score (nSPS) is 7.64. The van der Waals surface area contributed by atoms with Crippen molar-refractivity contribution in [2.75, 3.05) is 40.6 Å². The van der Waals surface area contributed by atoms with Gasteiger partial charge in [0.15, 0.2) is 17.9 Å². The second kappa shape index (κ2) is 101. The van der Waals surface area contributed by atoms with Crippen molar-refractivity contribution in [1.29, 1.82) is 5.26 Å². The smallest absolute Gasteiger partial charge is 0.579 e. The molecule has 0 heterocycles. The van der Waals surface area contributed by atoms with Gasteiger partial charge in [-0.25, -0.2) is 21.8 Å². The Labute approximate surface area is 1140 Å². The number of benzene rings is 7. The maximum atomic E-state index is 11.5. The Balaban J connectivity index is -0.0000000618. The van der Waals surface area contributed by atoms with Crippen LogP contribution in [-0.4, -0.2) is 64.5 Å². The van der Waals surface area contributed by atoms with E-state index in [2.05, 4.69) is 108 Å². The topological polar surface area (TPSA) is 152 Å². The van der Waals surface area contributed by atoms with Gasteiger partial charge >= 0.3 is 725 Å². The molecule has 12 nitrogen and oxygen atoms in total. The van der Waals surface area contributed by atoms with Crippen LogP contribution in [0.2, 0.25) is 10.0 Å². The van der Waals surface area contributed by atoms with Crippen LogP contribution in [0.3, 0.4) is 0 Å². The van der Waals surface area contributed by atoms with E-state index in [0.717, 1.165) is 30.4 Å². The fraction of sp³-hybridized carbons (Fsp3) is 0.194. The Morgan fingerprint density at radius 1 is 0.500 bits per heavy atom. The Morgan fingerprint density at radius 3 is 1.16 bits per heavy atom. The number of halogens is 2. The third-order valence-electron chi connectivity index (χ3n) is 8.14. The maximum absolute atomic E-state index is 11.5. The molecule has 0 aliphatic rings. The number of hydrogen-bond donors (Lipinski definition) is 0. The Kier molecular flexibility index (Phi) is 153. The van der Waals surface area contributed by atoms with Gasteiger partial charge in [-0.1, -0.05) is 26.0 Å². The van der Waals surface area contributed by atoms with Crippen LogP contribution in [0.4, 0.5) is 5.69 Å². The number of unbranched alkanes of at least 4 members (excludes halogenated alkanes) is 2. The fourth-order valence-corrected chi connectivity index (χ4v) is 4.77. The fourth-order valence-electron chi connectivity index (χ4n) is 4.53. The van der Waals surface area contributed by atoms with Crippen LogP contribution in [0.1, 0.15) is 76.2 Å². The third-order valence-corrected chi connectivity index (χ3v) is 8.84. The van der Waals surface area contributed by atoms with E-state index in [1.54, 1.807) is 110 Å². The molecular formula is C62H50Cl2K14N2O10.